The van der Waals surface area contributed by atoms with E-state index in [-0.39, 0.29) is 29.7 Å². The molecule has 0 bridgehead atoms. The summed E-state index contributed by atoms with van der Waals surface area (Å²) in [4.78, 5) is 37.4. The molecule has 0 aliphatic carbocycles. The Morgan fingerprint density at radius 3 is 2.54 bits per heavy atom. The van der Waals surface area contributed by atoms with E-state index in [2.05, 4.69) is 22.5 Å². The average molecular weight is 387 g/mol. The zero-order valence-corrected chi connectivity index (χ0v) is 16.4. The van der Waals surface area contributed by atoms with E-state index in [9.17, 15) is 14.4 Å². The molecular weight excluding hydrogens is 358 g/mol. The second-order valence-corrected chi connectivity index (χ2v) is 7.48. The van der Waals surface area contributed by atoms with Crippen molar-refractivity contribution in [2.45, 2.75) is 51.5 Å². The number of carbonyl (C=O) groups is 3. The second kappa shape index (κ2) is 9.57. The topological polar surface area (TPSA) is 87.7 Å². The fourth-order valence-electron chi connectivity index (χ4n) is 3.61. The molecule has 2 saturated heterocycles. The number of ether oxygens (including phenoxy) is 1. The molecule has 1 aromatic carbocycles. The molecular formula is C21H29N3O4. The molecule has 0 aromatic heterocycles. The van der Waals surface area contributed by atoms with Gasteiger partial charge in [0.15, 0.2) is 0 Å². The Balaban J connectivity index is 1.47. The molecule has 2 fully saturated rings. The summed E-state index contributed by atoms with van der Waals surface area (Å²) in [7, 11) is 0. The summed E-state index contributed by atoms with van der Waals surface area (Å²) in [5.74, 6) is -0.539. The largest absolute Gasteiger partial charge is 0.465 e. The summed E-state index contributed by atoms with van der Waals surface area (Å²) in [6, 6.07) is 7.56. The molecule has 2 amide bonds. The standard InChI is InChI=1S/C21H29N3O4/c1-2-3-14-28-21(27)15-10-12-24(13-11-15)17-6-4-16(5-7-17)22-18-8-9-19(25)23-20(18)26/h4-7,15,18,22H,2-3,8-14H2,1H3,(H,23,25,26). The number of anilines is 2. The predicted molar refractivity (Wildman–Crippen MR) is 107 cm³/mol. The van der Waals surface area contributed by atoms with Crippen LogP contribution in [-0.4, -0.2) is 43.5 Å². The van der Waals surface area contributed by atoms with Gasteiger partial charge in [0.05, 0.1) is 12.5 Å². The van der Waals surface area contributed by atoms with Crippen LogP contribution in [0, 0.1) is 5.92 Å². The smallest absolute Gasteiger partial charge is 0.309 e. The lowest BCUT2D eigenvalue weighted by atomic mass is 9.96. The van der Waals surface area contributed by atoms with Gasteiger partial charge in [-0.2, -0.15) is 0 Å². The highest BCUT2D eigenvalue weighted by molar-refractivity contribution is 6.01. The van der Waals surface area contributed by atoms with Gasteiger partial charge < -0.3 is 15.0 Å². The predicted octanol–water partition coefficient (Wildman–Crippen LogP) is 2.46. The highest BCUT2D eigenvalue weighted by Crippen LogP contribution is 2.26. The van der Waals surface area contributed by atoms with Gasteiger partial charge in [0.25, 0.3) is 0 Å². The molecule has 2 N–H and O–H groups in total. The first-order chi connectivity index (χ1) is 13.6. The van der Waals surface area contributed by atoms with Gasteiger partial charge in [-0.15, -0.1) is 0 Å². The molecule has 0 saturated carbocycles. The average Bonchev–Trinajstić information content (AvgIpc) is 2.71. The number of benzene rings is 1. The van der Waals surface area contributed by atoms with Gasteiger partial charge >= 0.3 is 5.97 Å². The van der Waals surface area contributed by atoms with Gasteiger partial charge in [0.1, 0.15) is 6.04 Å². The molecule has 152 valence electrons. The molecule has 7 heteroatoms. The lowest BCUT2D eigenvalue weighted by molar-refractivity contribution is -0.149. The zero-order valence-electron chi connectivity index (χ0n) is 16.4. The van der Waals surface area contributed by atoms with E-state index in [0.717, 1.165) is 50.1 Å². The van der Waals surface area contributed by atoms with E-state index >= 15 is 0 Å². The monoisotopic (exact) mass is 387 g/mol. The number of hydrogen-bond acceptors (Lipinski definition) is 6. The SMILES string of the molecule is CCCCOC(=O)C1CCN(c2ccc(NC3CCC(=O)NC3=O)cc2)CC1. The number of esters is 1. The van der Waals surface area contributed by atoms with Gasteiger partial charge in [0, 0.05) is 30.9 Å². The van der Waals surface area contributed by atoms with Crippen LogP contribution in [0.1, 0.15) is 45.4 Å². The Bertz CT molecular complexity index is 696. The van der Waals surface area contributed by atoms with E-state index in [1.165, 1.54) is 0 Å². The minimum absolute atomic E-state index is 0.00145. The number of amides is 2. The third kappa shape index (κ3) is 5.24. The van der Waals surface area contributed by atoms with Crippen molar-refractivity contribution in [3.05, 3.63) is 24.3 Å². The Morgan fingerprint density at radius 2 is 1.89 bits per heavy atom. The van der Waals surface area contributed by atoms with Crippen LogP contribution in [0.3, 0.4) is 0 Å². The summed E-state index contributed by atoms with van der Waals surface area (Å²) < 4.78 is 5.35. The van der Waals surface area contributed by atoms with Crippen LogP contribution in [0.5, 0.6) is 0 Å². The van der Waals surface area contributed by atoms with Crippen molar-refractivity contribution in [2.75, 3.05) is 29.9 Å². The fourth-order valence-corrected chi connectivity index (χ4v) is 3.61. The molecule has 2 aliphatic rings. The first kappa shape index (κ1) is 20.2. The number of rotatable bonds is 7. The van der Waals surface area contributed by atoms with Crippen LogP contribution in [-0.2, 0) is 19.1 Å². The van der Waals surface area contributed by atoms with Crippen molar-refractivity contribution < 1.29 is 19.1 Å². The Kier molecular flexibility index (Phi) is 6.90. The quantitative estimate of drug-likeness (QED) is 0.425. The van der Waals surface area contributed by atoms with Crippen molar-refractivity contribution in [3.8, 4) is 0 Å². The zero-order chi connectivity index (χ0) is 19.9. The highest BCUT2D eigenvalue weighted by atomic mass is 16.5. The van der Waals surface area contributed by atoms with Crippen LogP contribution in [0.15, 0.2) is 24.3 Å². The molecule has 3 rings (SSSR count). The lowest BCUT2D eigenvalue weighted by Crippen LogP contribution is -2.47. The minimum atomic E-state index is -0.377. The van der Waals surface area contributed by atoms with Crippen molar-refractivity contribution >= 4 is 29.2 Å². The molecule has 7 nitrogen and oxygen atoms in total. The van der Waals surface area contributed by atoms with Crippen LogP contribution < -0.4 is 15.5 Å². The molecule has 1 atom stereocenters. The number of nitrogens with one attached hydrogen (secondary N) is 2. The minimum Gasteiger partial charge on any atom is -0.465 e. The van der Waals surface area contributed by atoms with Crippen molar-refractivity contribution in [1.29, 1.82) is 0 Å². The highest BCUT2D eigenvalue weighted by Gasteiger charge is 2.27. The molecule has 0 spiro atoms. The van der Waals surface area contributed by atoms with Crippen LogP contribution in [0.2, 0.25) is 0 Å². The Hall–Kier alpha value is -2.57. The summed E-state index contributed by atoms with van der Waals surface area (Å²) >= 11 is 0. The van der Waals surface area contributed by atoms with E-state index in [1.807, 2.05) is 24.3 Å². The maximum atomic E-state index is 12.1. The number of imide groups is 1. The second-order valence-electron chi connectivity index (χ2n) is 7.48. The molecule has 2 heterocycles. The summed E-state index contributed by atoms with van der Waals surface area (Å²) in [5.41, 5.74) is 1.96. The van der Waals surface area contributed by atoms with Gasteiger partial charge in [-0.3, -0.25) is 19.7 Å². The summed E-state index contributed by atoms with van der Waals surface area (Å²) in [5, 5.41) is 5.54. The van der Waals surface area contributed by atoms with E-state index in [4.69, 9.17) is 4.74 Å². The normalized spacial score (nSPS) is 20.6. The van der Waals surface area contributed by atoms with Crippen molar-refractivity contribution in [1.82, 2.24) is 5.32 Å². The summed E-state index contributed by atoms with van der Waals surface area (Å²) in [6.07, 6.45) is 4.43. The lowest BCUT2D eigenvalue weighted by Gasteiger charge is -2.32. The number of unbranched alkanes of at least 4 members (excludes halogenated alkanes) is 1. The third-order valence-electron chi connectivity index (χ3n) is 5.38. The molecule has 2 aliphatic heterocycles. The molecule has 1 aromatic rings. The van der Waals surface area contributed by atoms with Crippen LogP contribution in [0.25, 0.3) is 0 Å². The number of nitrogens with zero attached hydrogens (tertiary/aromatic N) is 1. The van der Waals surface area contributed by atoms with Gasteiger partial charge in [-0.05, 0) is 49.9 Å². The first-order valence-corrected chi connectivity index (χ1v) is 10.2. The van der Waals surface area contributed by atoms with Crippen LogP contribution >= 0.6 is 0 Å². The Labute approximate surface area is 165 Å². The fraction of sp³-hybridized carbons (Fsp3) is 0.571. The van der Waals surface area contributed by atoms with E-state index in [1.54, 1.807) is 0 Å². The van der Waals surface area contributed by atoms with Crippen molar-refractivity contribution in [3.63, 3.8) is 0 Å². The van der Waals surface area contributed by atoms with Gasteiger partial charge in [-0.1, -0.05) is 13.3 Å². The van der Waals surface area contributed by atoms with Gasteiger partial charge in [-0.25, -0.2) is 0 Å². The number of piperidine rings is 2. The summed E-state index contributed by atoms with van der Waals surface area (Å²) in [6.45, 7) is 4.26. The molecule has 28 heavy (non-hydrogen) atoms. The third-order valence-corrected chi connectivity index (χ3v) is 5.38. The molecule has 1 unspecified atom stereocenters. The Morgan fingerprint density at radius 1 is 1.18 bits per heavy atom. The first-order valence-electron chi connectivity index (χ1n) is 10.2. The molecule has 0 radical (unpaired) electrons. The van der Waals surface area contributed by atoms with E-state index < -0.39 is 0 Å². The maximum absolute atomic E-state index is 12.1. The van der Waals surface area contributed by atoms with E-state index in [0.29, 0.717) is 19.4 Å². The maximum Gasteiger partial charge on any atom is 0.309 e. The van der Waals surface area contributed by atoms with Crippen molar-refractivity contribution in [2.24, 2.45) is 5.92 Å². The van der Waals surface area contributed by atoms with Gasteiger partial charge in [0.2, 0.25) is 11.8 Å². The van der Waals surface area contributed by atoms with Crippen LogP contribution in [0.4, 0.5) is 11.4 Å². The number of hydrogen-bond donors (Lipinski definition) is 2. The number of carbonyl (C=O) groups excluding carboxylic acids is 3.